The number of hydrogen-bond acceptors (Lipinski definition) is 5. The van der Waals surface area contributed by atoms with Crippen LogP contribution in [0, 0.1) is 17.0 Å². The van der Waals surface area contributed by atoms with Crippen LogP contribution >= 0.6 is 0 Å². The molecule has 0 aliphatic carbocycles. The Kier molecular flexibility index (Phi) is 5.15. The minimum atomic E-state index is -3.90. The number of rotatable bonds is 5. The van der Waals surface area contributed by atoms with E-state index in [-0.39, 0.29) is 16.6 Å². The van der Waals surface area contributed by atoms with Crippen LogP contribution in [0.2, 0.25) is 0 Å². The van der Waals surface area contributed by atoms with Crippen LogP contribution in [0.5, 0.6) is 0 Å². The van der Waals surface area contributed by atoms with E-state index in [1.165, 1.54) is 16.4 Å². The summed E-state index contributed by atoms with van der Waals surface area (Å²) in [6, 6.07) is 4.15. The van der Waals surface area contributed by atoms with Gasteiger partial charge in [-0.1, -0.05) is 18.6 Å². The Bertz CT molecular complexity index is 658. The summed E-state index contributed by atoms with van der Waals surface area (Å²) in [7, 11) is -3.90. The van der Waals surface area contributed by atoms with Crippen molar-refractivity contribution in [1.82, 2.24) is 4.31 Å². The Morgan fingerprint density at radius 2 is 2.14 bits per heavy atom. The smallest absolute Gasteiger partial charge is 0.289 e. The van der Waals surface area contributed by atoms with Gasteiger partial charge in [0.15, 0.2) is 4.90 Å². The number of nitrogens with zero attached hydrogens (tertiary/aromatic N) is 2. The number of nitrogens with two attached hydrogens (primary N) is 1. The summed E-state index contributed by atoms with van der Waals surface area (Å²) in [5.74, 6) is 0. The fourth-order valence-corrected chi connectivity index (χ4v) is 5.09. The zero-order chi connectivity index (χ0) is 16.3. The van der Waals surface area contributed by atoms with Gasteiger partial charge in [-0.05, 0) is 38.3 Å². The van der Waals surface area contributed by atoms with E-state index in [4.69, 9.17) is 5.73 Å². The topological polar surface area (TPSA) is 107 Å². The zero-order valence-corrected chi connectivity index (χ0v) is 13.4. The van der Waals surface area contributed by atoms with Crippen LogP contribution in [0.1, 0.15) is 31.2 Å². The van der Waals surface area contributed by atoms with Gasteiger partial charge in [-0.3, -0.25) is 10.1 Å². The highest BCUT2D eigenvalue weighted by molar-refractivity contribution is 7.89. The molecule has 0 bridgehead atoms. The molecule has 1 fully saturated rings. The first kappa shape index (κ1) is 16.9. The maximum absolute atomic E-state index is 13.0. The van der Waals surface area contributed by atoms with Crippen molar-refractivity contribution in [3.63, 3.8) is 0 Å². The van der Waals surface area contributed by atoms with Gasteiger partial charge in [0.25, 0.3) is 5.69 Å². The van der Waals surface area contributed by atoms with Crippen molar-refractivity contribution in [2.75, 3.05) is 13.1 Å². The zero-order valence-electron chi connectivity index (χ0n) is 12.6. The third-order valence-electron chi connectivity index (χ3n) is 4.03. The summed E-state index contributed by atoms with van der Waals surface area (Å²) in [5, 5.41) is 11.2. The molecule has 22 heavy (non-hydrogen) atoms. The SMILES string of the molecule is Cc1cccc([N+](=O)[O-])c1S(=O)(=O)N1CCCCC1CCN. The number of piperidine rings is 1. The molecule has 0 saturated carbocycles. The molecule has 0 radical (unpaired) electrons. The van der Waals surface area contributed by atoms with Crippen molar-refractivity contribution in [1.29, 1.82) is 0 Å². The molecule has 1 aromatic rings. The van der Waals surface area contributed by atoms with Crippen LogP contribution in [0.4, 0.5) is 5.69 Å². The average molecular weight is 327 g/mol. The Morgan fingerprint density at radius 1 is 1.41 bits per heavy atom. The number of nitro benzene ring substituents is 1. The standard InChI is InChI=1S/C14H21N3O4S/c1-11-5-4-7-13(17(18)19)14(11)22(20,21)16-10-3-2-6-12(16)8-9-15/h4-5,7,12H,2-3,6,8-10,15H2,1H3. The molecule has 1 saturated heterocycles. The predicted molar refractivity (Wildman–Crippen MR) is 83.0 cm³/mol. The maximum Gasteiger partial charge on any atom is 0.289 e. The maximum atomic E-state index is 13.0. The van der Waals surface area contributed by atoms with E-state index in [1.54, 1.807) is 13.0 Å². The Hall–Kier alpha value is -1.51. The summed E-state index contributed by atoms with van der Waals surface area (Å²) in [5.41, 5.74) is 5.61. The van der Waals surface area contributed by atoms with Crippen LogP contribution in [0.15, 0.2) is 23.1 Å². The average Bonchev–Trinajstić information content (AvgIpc) is 2.47. The van der Waals surface area contributed by atoms with E-state index in [2.05, 4.69) is 0 Å². The minimum Gasteiger partial charge on any atom is -0.330 e. The Balaban J connectivity index is 2.52. The van der Waals surface area contributed by atoms with E-state index in [0.717, 1.165) is 19.3 Å². The van der Waals surface area contributed by atoms with Gasteiger partial charge in [0.2, 0.25) is 10.0 Å². The Morgan fingerprint density at radius 3 is 2.77 bits per heavy atom. The molecule has 2 rings (SSSR count). The van der Waals surface area contributed by atoms with Gasteiger partial charge in [0, 0.05) is 18.7 Å². The lowest BCUT2D eigenvalue weighted by Crippen LogP contribution is -2.44. The van der Waals surface area contributed by atoms with E-state index in [0.29, 0.717) is 25.1 Å². The molecular formula is C14H21N3O4S. The van der Waals surface area contributed by atoms with Crippen molar-refractivity contribution in [2.45, 2.75) is 43.5 Å². The van der Waals surface area contributed by atoms with Gasteiger partial charge in [-0.15, -0.1) is 0 Å². The van der Waals surface area contributed by atoms with E-state index < -0.39 is 14.9 Å². The number of sulfonamides is 1. The fourth-order valence-electron chi connectivity index (χ4n) is 3.00. The van der Waals surface area contributed by atoms with Crippen molar-refractivity contribution in [3.8, 4) is 0 Å². The lowest BCUT2D eigenvalue weighted by Gasteiger charge is -2.34. The molecule has 1 aliphatic rings. The molecule has 1 aliphatic heterocycles. The van der Waals surface area contributed by atoms with E-state index in [1.807, 2.05) is 0 Å². The molecule has 0 aromatic heterocycles. The molecule has 122 valence electrons. The van der Waals surface area contributed by atoms with Gasteiger partial charge in [-0.25, -0.2) is 8.42 Å². The molecule has 0 spiro atoms. The highest BCUT2D eigenvalue weighted by Crippen LogP contribution is 2.33. The second-order valence-corrected chi connectivity index (χ2v) is 7.35. The van der Waals surface area contributed by atoms with Crippen molar-refractivity contribution in [3.05, 3.63) is 33.9 Å². The largest absolute Gasteiger partial charge is 0.330 e. The summed E-state index contributed by atoms with van der Waals surface area (Å²) >= 11 is 0. The molecule has 1 unspecified atom stereocenters. The van der Waals surface area contributed by atoms with Crippen LogP contribution in [-0.4, -0.2) is 36.8 Å². The molecule has 1 atom stereocenters. The van der Waals surface area contributed by atoms with E-state index >= 15 is 0 Å². The molecule has 2 N–H and O–H groups in total. The highest BCUT2D eigenvalue weighted by Gasteiger charge is 2.38. The van der Waals surface area contributed by atoms with Gasteiger partial charge < -0.3 is 5.73 Å². The first-order chi connectivity index (χ1) is 10.4. The number of aryl methyl sites for hydroxylation is 1. The molecule has 1 aromatic carbocycles. The number of nitro groups is 1. The van der Waals surface area contributed by atoms with Crippen LogP contribution in [0.25, 0.3) is 0 Å². The Labute approximate surface area is 130 Å². The monoisotopic (exact) mass is 327 g/mol. The van der Waals surface area contributed by atoms with Crippen LogP contribution < -0.4 is 5.73 Å². The molecule has 7 nitrogen and oxygen atoms in total. The molecule has 8 heteroatoms. The molecule has 1 heterocycles. The molecular weight excluding hydrogens is 306 g/mol. The number of benzene rings is 1. The minimum absolute atomic E-state index is 0.178. The highest BCUT2D eigenvalue weighted by atomic mass is 32.2. The summed E-state index contributed by atoms with van der Waals surface area (Å²) in [4.78, 5) is 10.4. The number of hydrogen-bond donors (Lipinski definition) is 1. The van der Waals surface area contributed by atoms with Gasteiger partial charge in [-0.2, -0.15) is 4.31 Å². The lowest BCUT2D eigenvalue weighted by atomic mass is 10.0. The second-order valence-electron chi connectivity index (χ2n) is 5.52. The van der Waals surface area contributed by atoms with Gasteiger partial charge in [0.1, 0.15) is 0 Å². The quantitative estimate of drug-likeness (QED) is 0.655. The first-order valence-corrected chi connectivity index (χ1v) is 8.79. The molecule has 0 amide bonds. The summed E-state index contributed by atoms with van der Waals surface area (Å²) in [6.45, 7) is 2.37. The van der Waals surface area contributed by atoms with Crippen molar-refractivity contribution in [2.24, 2.45) is 5.73 Å². The van der Waals surface area contributed by atoms with Gasteiger partial charge in [0.05, 0.1) is 4.92 Å². The summed E-state index contributed by atoms with van der Waals surface area (Å²) in [6.07, 6.45) is 3.03. The van der Waals surface area contributed by atoms with Gasteiger partial charge >= 0.3 is 0 Å². The normalized spacial score (nSPS) is 20.0. The van der Waals surface area contributed by atoms with Crippen LogP contribution in [0.3, 0.4) is 0 Å². The third-order valence-corrected chi connectivity index (χ3v) is 6.17. The van der Waals surface area contributed by atoms with E-state index in [9.17, 15) is 18.5 Å². The fraction of sp³-hybridized carbons (Fsp3) is 0.571. The summed E-state index contributed by atoms with van der Waals surface area (Å²) < 4.78 is 27.4. The second kappa shape index (κ2) is 6.72. The predicted octanol–water partition coefficient (Wildman–Crippen LogP) is 1.80. The lowest BCUT2D eigenvalue weighted by molar-refractivity contribution is -0.387. The first-order valence-electron chi connectivity index (χ1n) is 7.35. The van der Waals surface area contributed by atoms with Crippen molar-refractivity contribution < 1.29 is 13.3 Å². The van der Waals surface area contributed by atoms with Crippen LogP contribution in [-0.2, 0) is 10.0 Å². The third kappa shape index (κ3) is 3.13. The van der Waals surface area contributed by atoms with Crippen molar-refractivity contribution >= 4 is 15.7 Å².